The van der Waals surface area contributed by atoms with Crippen LogP contribution in [0.2, 0.25) is 0 Å². The van der Waals surface area contributed by atoms with Gasteiger partial charge in [-0.15, -0.1) is 5.10 Å². The summed E-state index contributed by atoms with van der Waals surface area (Å²) in [6.07, 6.45) is -4.91. The van der Waals surface area contributed by atoms with Crippen LogP contribution in [0.1, 0.15) is 25.5 Å². The number of nitrogens with two attached hydrogens (primary N) is 1. The number of nitrogens with zero attached hydrogens (tertiary/aromatic N) is 2. The van der Waals surface area contributed by atoms with Crippen molar-refractivity contribution in [2.75, 3.05) is 7.11 Å². The molecule has 2 N–H and O–H groups in total. The van der Waals surface area contributed by atoms with Crippen molar-refractivity contribution in [3.05, 3.63) is 54.0 Å². The van der Waals surface area contributed by atoms with E-state index in [0.717, 1.165) is 24.3 Å². The third-order valence-electron chi connectivity index (χ3n) is 4.66. The number of hydrogen-bond donors (Lipinski definition) is 1. The molecule has 182 valence electrons. The maximum Gasteiger partial charge on any atom is 0.437 e. The summed E-state index contributed by atoms with van der Waals surface area (Å²) in [5.41, 5.74) is -2.56. The van der Waals surface area contributed by atoms with E-state index >= 15 is 0 Å². The Bertz CT molecular complexity index is 1320. The lowest BCUT2D eigenvalue weighted by molar-refractivity contribution is -0.162. The Hall–Kier alpha value is -3.45. The zero-order valence-corrected chi connectivity index (χ0v) is 18.7. The molecule has 13 heteroatoms. The molecule has 8 nitrogen and oxygen atoms in total. The number of alkyl halides is 3. The largest absolute Gasteiger partial charge is 0.494 e. The van der Waals surface area contributed by atoms with Gasteiger partial charge in [0, 0.05) is 17.5 Å². The maximum atomic E-state index is 14.4. The molecule has 0 atom stereocenters. The summed E-state index contributed by atoms with van der Waals surface area (Å²) in [5, 5.41) is 8.90. The summed E-state index contributed by atoms with van der Waals surface area (Å²) >= 11 is 0. The van der Waals surface area contributed by atoms with Gasteiger partial charge in [-0.3, -0.25) is 0 Å². The van der Waals surface area contributed by atoms with Gasteiger partial charge in [0.1, 0.15) is 5.69 Å². The van der Waals surface area contributed by atoms with Crippen molar-refractivity contribution in [1.29, 1.82) is 0 Å². The number of carbonyl (C=O) groups excluding carboxylic acids is 1. The van der Waals surface area contributed by atoms with Gasteiger partial charge in [-0.05, 0) is 36.2 Å². The maximum absolute atomic E-state index is 14.4. The van der Waals surface area contributed by atoms with Crippen molar-refractivity contribution in [2.24, 2.45) is 5.14 Å². The highest BCUT2D eigenvalue weighted by Crippen LogP contribution is 2.43. The normalized spacial score (nSPS) is 12.0. The van der Waals surface area contributed by atoms with Crippen molar-refractivity contribution in [3.63, 3.8) is 0 Å². The Labute approximate surface area is 191 Å². The van der Waals surface area contributed by atoms with Gasteiger partial charge < -0.3 is 9.57 Å². The number of benzene rings is 2. The van der Waals surface area contributed by atoms with Crippen molar-refractivity contribution < 1.29 is 40.3 Å². The van der Waals surface area contributed by atoms with E-state index in [1.165, 1.54) is 25.3 Å². The van der Waals surface area contributed by atoms with Crippen LogP contribution in [0.3, 0.4) is 0 Å². The van der Waals surface area contributed by atoms with Crippen molar-refractivity contribution in [2.45, 2.75) is 30.8 Å². The molecule has 34 heavy (non-hydrogen) atoms. The summed E-state index contributed by atoms with van der Waals surface area (Å²) < 4.78 is 84.8. The molecule has 1 aromatic heterocycles. The number of halogens is 4. The minimum Gasteiger partial charge on any atom is -0.494 e. The van der Waals surface area contributed by atoms with E-state index in [2.05, 4.69) is 5.10 Å². The highest BCUT2D eigenvalue weighted by Gasteiger charge is 2.42. The number of methoxy groups -OCH3 is 1. The fourth-order valence-electron chi connectivity index (χ4n) is 3.16. The third-order valence-corrected chi connectivity index (χ3v) is 5.59. The van der Waals surface area contributed by atoms with E-state index in [9.17, 15) is 30.8 Å². The molecular weight excluding hydrogens is 482 g/mol. The summed E-state index contributed by atoms with van der Waals surface area (Å²) in [7, 11) is -2.87. The predicted octanol–water partition coefficient (Wildman–Crippen LogP) is 3.79. The average Bonchev–Trinajstić information content (AvgIpc) is 3.12. The Morgan fingerprint density at radius 3 is 2.24 bits per heavy atom. The van der Waals surface area contributed by atoms with Crippen LogP contribution >= 0.6 is 0 Å². The zero-order chi connectivity index (χ0) is 25.3. The predicted molar refractivity (Wildman–Crippen MR) is 112 cm³/mol. The van der Waals surface area contributed by atoms with Crippen molar-refractivity contribution in [1.82, 2.24) is 9.94 Å². The summed E-state index contributed by atoms with van der Waals surface area (Å²) in [5.74, 6) is -2.09. The van der Waals surface area contributed by atoms with Crippen LogP contribution in [0.4, 0.5) is 17.6 Å². The standard InChI is InChI=1S/C21H19F4N3O5S/c1-3-4-17(29)33-28-20(21(23,24)25)18(13-7-10-16(32-2)15(22)11-13)19(27-28)12-5-8-14(9-6-12)34(26,30)31/h5-11H,3-4H2,1-2H3,(H2,26,30,31). The summed E-state index contributed by atoms with van der Waals surface area (Å²) in [4.78, 5) is 16.6. The van der Waals surface area contributed by atoms with E-state index in [-0.39, 0.29) is 38.7 Å². The van der Waals surface area contributed by atoms with Crippen LogP contribution < -0.4 is 14.7 Å². The molecule has 0 unspecified atom stereocenters. The first-order chi connectivity index (χ1) is 15.9. The Morgan fingerprint density at radius 2 is 1.74 bits per heavy atom. The number of primary sulfonamides is 1. The van der Waals surface area contributed by atoms with E-state index < -0.39 is 39.2 Å². The summed E-state index contributed by atoms with van der Waals surface area (Å²) in [6.45, 7) is 1.64. The van der Waals surface area contributed by atoms with E-state index in [4.69, 9.17) is 14.7 Å². The van der Waals surface area contributed by atoms with Gasteiger partial charge in [0.2, 0.25) is 10.0 Å². The van der Waals surface area contributed by atoms with Crippen molar-refractivity contribution >= 4 is 16.0 Å². The van der Waals surface area contributed by atoms with E-state index in [0.29, 0.717) is 6.42 Å². The third kappa shape index (κ3) is 5.20. The van der Waals surface area contributed by atoms with Crippen LogP contribution in [0.15, 0.2) is 47.4 Å². The molecule has 3 aromatic rings. The van der Waals surface area contributed by atoms with Gasteiger partial charge in [-0.25, -0.2) is 22.7 Å². The van der Waals surface area contributed by atoms with E-state index in [1.54, 1.807) is 6.92 Å². The second-order valence-corrected chi connectivity index (χ2v) is 8.64. The second-order valence-electron chi connectivity index (χ2n) is 7.07. The minimum absolute atomic E-state index is 0.0365. The number of ether oxygens (including phenoxy) is 1. The first-order valence-electron chi connectivity index (χ1n) is 9.75. The molecule has 0 saturated heterocycles. The van der Waals surface area contributed by atoms with E-state index in [1.807, 2.05) is 0 Å². The highest BCUT2D eigenvalue weighted by molar-refractivity contribution is 7.89. The lowest BCUT2D eigenvalue weighted by Gasteiger charge is -2.13. The molecule has 0 saturated carbocycles. The lowest BCUT2D eigenvalue weighted by atomic mass is 9.98. The van der Waals surface area contributed by atoms with Crippen LogP contribution in [0, 0.1) is 5.82 Å². The zero-order valence-electron chi connectivity index (χ0n) is 17.9. The van der Waals surface area contributed by atoms with Gasteiger partial charge in [0.05, 0.1) is 12.0 Å². The number of hydrogen-bond acceptors (Lipinski definition) is 6. The molecule has 0 aliphatic carbocycles. The number of carbonyl (C=O) groups is 1. The van der Waals surface area contributed by atoms with Crippen LogP contribution in [-0.4, -0.2) is 31.4 Å². The topological polar surface area (TPSA) is 114 Å². The lowest BCUT2D eigenvalue weighted by Crippen LogP contribution is -2.26. The molecule has 0 radical (unpaired) electrons. The molecule has 0 amide bonds. The average molecular weight is 501 g/mol. The smallest absolute Gasteiger partial charge is 0.437 e. The molecule has 1 heterocycles. The molecule has 2 aromatic carbocycles. The molecule has 0 bridgehead atoms. The van der Waals surface area contributed by atoms with Gasteiger partial charge in [-0.2, -0.15) is 13.2 Å². The Morgan fingerprint density at radius 1 is 1.12 bits per heavy atom. The van der Waals surface area contributed by atoms with Crippen LogP contribution in [-0.2, 0) is 21.0 Å². The number of aromatic nitrogens is 2. The molecule has 0 aliphatic heterocycles. The summed E-state index contributed by atoms with van der Waals surface area (Å²) in [6, 6.07) is 7.68. The van der Waals surface area contributed by atoms with Gasteiger partial charge in [0.15, 0.2) is 17.3 Å². The van der Waals surface area contributed by atoms with Gasteiger partial charge in [-0.1, -0.05) is 30.0 Å². The Kier molecular flexibility index (Phi) is 6.98. The molecule has 0 fully saturated rings. The molecular formula is C21H19F4N3O5S. The molecule has 0 spiro atoms. The number of sulfonamides is 1. The van der Waals surface area contributed by atoms with Crippen molar-refractivity contribution in [3.8, 4) is 28.1 Å². The SMILES string of the molecule is CCCC(=O)On1nc(-c2ccc(S(N)(=O)=O)cc2)c(-c2ccc(OC)c(F)c2)c1C(F)(F)F. The number of rotatable bonds is 7. The first-order valence-corrected chi connectivity index (χ1v) is 11.3. The quantitative estimate of drug-likeness (QED) is 0.493. The highest BCUT2D eigenvalue weighted by atomic mass is 32.2. The van der Waals surface area contributed by atoms with Gasteiger partial charge in [0.25, 0.3) is 0 Å². The second kappa shape index (κ2) is 9.43. The van der Waals surface area contributed by atoms with Gasteiger partial charge >= 0.3 is 12.1 Å². The molecule has 3 rings (SSSR count). The molecule has 0 aliphatic rings. The first kappa shape index (κ1) is 25.2. The monoisotopic (exact) mass is 501 g/mol. The fraction of sp³-hybridized carbons (Fsp3) is 0.238. The van der Waals surface area contributed by atoms with Crippen LogP contribution in [0.5, 0.6) is 5.75 Å². The van der Waals surface area contributed by atoms with Crippen LogP contribution in [0.25, 0.3) is 22.4 Å². The Balaban J connectivity index is 2.32. The minimum atomic E-state index is -5.07. The fourth-order valence-corrected chi connectivity index (χ4v) is 3.68.